The summed E-state index contributed by atoms with van der Waals surface area (Å²) in [5.74, 6) is -0.0884. The number of anilines is 1. The number of carbonyl (C=O) groups is 2. The number of nitrogens with zero attached hydrogens (tertiary/aromatic N) is 4. The molecule has 142 valence electrons. The van der Waals surface area contributed by atoms with E-state index in [-0.39, 0.29) is 17.9 Å². The molecule has 8 nitrogen and oxygen atoms in total. The SMILES string of the molecule is O=C(NCc1ccc(N2CCCC2=O)cc1)c1cn(C[C@@H]2CCCO2)nn1. The van der Waals surface area contributed by atoms with E-state index in [2.05, 4.69) is 15.6 Å². The molecule has 0 bridgehead atoms. The molecule has 1 aromatic heterocycles. The third-order valence-electron chi connectivity index (χ3n) is 4.96. The average Bonchev–Trinajstić information content (AvgIpc) is 3.43. The van der Waals surface area contributed by atoms with Gasteiger partial charge in [0, 0.05) is 31.8 Å². The van der Waals surface area contributed by atoms with Gasteiger partial charge in [0.25, 0.3) is 5.91 Å². The predicted molar refractivity (Wildman–Crippen MR) is 98.2 cm³/mol. The first kappa shape index (κ1) is 17.7. The summed E-state index contributed by atoms with van der Waals surface area (Å²) in [7, 11) is 0. The minimum Gasteiger partial charge on any atom is -0.376 e. The fourth-order valence-corrected chi connectivity index (χ4v) is 3.48. The van der Waals surface area contributed by atoms with E-state index in [4.69, 9.17) is 4.74 Å². The second kappa shape index (κ2) is 7.87. The van der Waals surface area contributed by atoms with E-state index in [0.717, 1.165) is 43.7 Å². The largest absolute Gasteiger partial charge is 0.376 e. The molecule has 4 rings (SSSR count). The number of ether oxygens (including phenoxy) is 1. The molecule has 0 unspecified atom stereocenters. The zero-order valence-corrected chi connectivity index (χ0v) is 15.1. The first-order chi connectivity index (χ1) is 13.2. The Balaban J connectivity index is 1.30. The molecule has 3 heterocycles. The smallest absolute Gasteiger partial charge is 0.273 e. The van der Waals surface area contributed by atoms with E-state index in [1.165, 1.54) is 0 Å². The predicted octanol–water partition coefficient (Wildman–Crippen LogP) is 1.51. The molecule has 0 saturated carbocycles. The summed E-state index contributed by atoms with van der Waals surface area (Å²) in [4.78, 5) is 25.9. The maximum atomic E-state index is 12.3. The first-order valence-electron chi connectivity index (χ1n) is 9.38. The second-order valence-electron chi connectivity index (χ2n) is 6.96. The lowest BCUT2D eigenvalue weighted by Crippen LogP contribution is -2.24. The third-order valence-corrected chi connectivity index (χ3v) is 4.96. The minimum atomic E-state index is -0.257. The van der Waals surface area contributed by atoms with E-state index in [9.17, 15) is 9.59 Å². The fraction of sp³-hybridized carbons (Fsp3) is 0.474. The summed E-state index contributed by atoms with van der Waals surface area (Å²) in [6, 6.07) is 7.69. The molecule has 2 amide bonds. The fourth-order valence-electron chi connectivity index (χ4n) is 3.48. The Morgan fingerprint density at radius 3 is 2.81 bits per heavy atom. The van der Waals surface area contributed by atoms with Crippen molar-refractivity contribution in [2.45, 2.75) is 44.9 Å². The van der Waals surface area contributed by atoms with E-state index in [1.807, 2.05) is 24.3 Å². The molecular formula is C19H23N5O3. The van der Waals surface area contributed by atoms with Crippen molar-refractivity contribution in [2.24, 2.45) is 0 Å². The Labute approximate surface area is 157 Å². The second-order valence-corrected chi connectivity index (χ2v) is 6.96. The lowest BCUT2D eigenvalue weighted by Gasteiger charge is -2.16. The van der Waals surface area contributed by atoms with Crippen LogP contribution in [0, 0.1) is 0 Å². The normalized spacial score (nSPS) is 19.6. The van der Waals surface area contributed by atoms with Crippen molar-refractivity contribution >= 4 is 17.5 Å². The van der Waals surface area contributed by atoms with Gasteiger partial charge in [-0.15, -0.1) is 5.10 Å². The maximum absolute atomic E-state index is 12.3. The van der Waals surface area contributed by atoms with Crippen LogP contribution >= 0.6 is 0 Å². The maximum Gasteiger partial charge on any atom is 0.273 e. The van der Waals surface area contributed by atoms with Crippen molar-refractivity contribution in [1.82, 2.24) is 20.3 Å². The van der Waals surface area contributed by atoms with Gasteiger partial charge in [-0.1, -0.05) is 17.3 Å². The number of amides is 2. The van der Waals surface area contributed by atoms with Gasteiger partial charge in [-0.3, -0.25) is 9.59 Å². The third kappa shape index (κ3) is 4.16. The zero-order chi connectivity index (χ0) is 18.6. The molecule has 0 spiro atoms. The number of aromatic nitrogens is 3. The highest BCUT2D eigenvalue weighted by atomic mass is 16.5. The molecular weight excluding hydrogens is 346 g/mol. The van der Waals surface area contributed by atoms with E-state index < -0.39 is 0 Å². The Kier molecular flexibility index (Phi) is 5.15. The summed E-state index contributed by atoms with van der Waals surface area (Å²) in [5.41, 5.74) is 2.17. The van der Waals surface area contributed by atoms with Crippen LogP contribution in [0.5, 0.6) is 0 Å². The molecule has 1 atom stereocenters. The van der Waals surface area contributed by atoms with Crippen molar-refractivity contribution in [3.63, 3.8) is 0 Å². The summed E-state index contributed by atoms with van der Waals surface area (Å²) < 4.78 is 7.23. The van der Waals surface area contributed by atoms with Crippen molar-refractivity contribution in [1.29, 1.82) is 0 Å². The number of rotatable bonds is 6. The van der Waals surface area contributed by atoms with Crippen LogP contribution in [0.15, 0.2) is 30.5 Å². The van der Waals surface area contributed by atoms with Crippen LogP contribution in [0.4, 0.5) is 5.69 Å². The van der Waals surface area contributed by atoms with E-state index in [1.54, 1.807) is 15.8 Å². The van der Waals surface area contributed by atoms with Gasteiger partial charge in [-0.05, 0) is 37.0 Å². The molecule has 2 fully saturated rings. The van der Waals surface area contributed by atoms with Gasteiger partial charge in [0.2, 0.25) is 5.91 Å². The Hall–Kier alpha value is -2.74. The summed E-state index contributed by atoms with van der Waals surface area (Å²) in [5, 5.41) is 10.8. The number of benzene rings is 1. The first-order valence-corrected chi connectivity index (χ1v) is 9.38. The number of hydrogen-bond donors (Lipinski definition) is 1. The highest BCUT2D eigenvalue weighted by molar-refractivity contribution is 5.95. The van der Waals surface area contributed by atoms with Crippen LogP contribution in [-0.4, -0.2) is 46.1 Å². The Bertz CT molecular complexity index is 811. The molecule has 1 aromatic carbocycles. The van der Waals surface area contributed by atoms with Crippen LogP contribution in [0.1, 0.15) is 41.7 Å². The molecule has 27 heavy (non-hydrogen) atoms. The summed E-state index contributed by atoms with van der Waals surface area (Å²) in [6.45, 7) is 2.58. The molecule has 1 N–H and O–H groups in total. The molecule has 0 aliphatic carbocycles. The van der Waals surface area contributed by atoms with Gasteiger partial charge in [0.1, 0.15) is 0 Å². The topological polar surface area (TPSA) is 89.4 Å². The van der Waals surface area contributed by atoms with Gasteiger partial charge in [-0.2, -0.15) is 0 Å². The van der Waals surface area contributed by atoms with Crippen LogP contribution < -0.4 is 10.2 Å². The van der Waals surface area contributed by atoms with Crippen LogP contribution in [-0.2, 0) is 22.6 Å². The van der Waals surface area contributed by atoms with E-state index in [0.29, 0.717) is 25.2 Å². The zero-order valence-electron chi connectivity index (χ0n) is 15.1. The van der Waals surface area contributed by atoms with Crippen LogP contribution in [0.2, 0.25) is 0 Å². The Morgan fingerprint density at radius 1 is 1.26 bits per heavy atom. The molecule has 2 saturated heterocycles. The molecule has 0 radical (unpaired) electrons. The monoisotopic (exact) mass is 369 g/mol. The lowest BCUT2D eigenvalue weighted by molar-refractivity contribution is -0.117. The summed E-state index contributed by atoms with van der Waals surface area (Å²) >= 11 is 0. The van der Waals surface area contributed by atoms with Crippen LogP contribution in [0.3, 0.4) is 0 Å². The number of nitrogens with one attached hydrogen (secondary N) is 1. The van der Waals surface area contributed by atoms with Crippen LogP contribution in [0.25, 0.3) is 0 Å². The minimum absolute atomic E-state index is 0.156. The summed E-state index contributed by atoms with van der Waals surface area (Å²) in [6.07, 6.45) is 5.41. The van der Waals surface area contributed by atoms with E-state index >= 15 is 0 Å². The van der Waals surface area contributed by atoms with Gasteiger partial charge in [0.15, 0.2) is 5.69 Å². The number of carbonyl (C=O) groups excluding carboxylic acids is 2. The van der Waals surface area contributed by atoms with Gasteiger partial charge in [-0.25, -0.2) is 4.68 Å². The molecule has 2 aromatic rings. The quantitative estimate of drug-likeness (QED) is 0.834. The lowest BCUT2D eigenvalue weighted by atomic mass is 10.2. The van der Waals surface area contributed by atoms with Crippen molar-refractivity contribution < 1.29 is 14.3 Å². The number of hydrogen-bond acceptors (Lipinski definition) is 5. The van der Waals surface area contributed by atoms with Gasteiger partial charge in [0.05, 0.1) is 18.8 Å². The highest BCUT2D eigenvalue weighted by Gasteiger charge is 2.21. The van der Waals surface area contributed by atoms with Gasteiger partial charge >= 0.3 is 0 Å². The molecule has 2 aliphatic heterocycles. The van der Waals surface area contributed by atoms with Gasteiger partial charge < -0.3 is 15.0 Å². The van der Waals surface area contributed by atoms with Crippen molar-refractivity contribution in [3.05, 3.63) is 41.7 Å². The van der Waals surface area contributed by atoms with Crippen molar-refractivity contribution in [3.8, 4) is 0 Å². The molecule has 8 heteroatoms. The highest BCUT2D eigenvalue weighted by Crippen LogP contribution is 2.21. The average molecular weight is 369 g/mol. The Morgan fingerprint density at radius 2 is 2.11 bits per heavy atom. The standard InChI is InChI=1S/C19H23N5O3/c25-18-4-1-9-24(18)15-7-5-14(6-8-15)11-20-19(26)17-13-23(22-21-17)12-16-3-2-10-27-16/h5-8,13,16H,1-4,9-12H2,(H,20,26)/t16-/m0/s1. The van der Waals surface area contributed by atoms with Crippen molar-refractivity contribution in [2.75, 3.05) is 18.1 Å². The molecule has 2 aliphatic rings.